The summed E-state index contributed by atoms with van der Waals surface area (Å²) in [6.07, 6.45) is 2.72. The van der Waals surface area contributed by atoms with E-state index in [4.69, 9.17) is 4.74 Å². The van der Waals surface area contributed by atoms with Gasteiger partial charge in [0.15, 0.2) is 0 Å². The smallest absolute Gasteiger partial charge is 0.220 e. The maximum absolute atomic E-state index is 5.23. The molecule has 0 saturated carbocycles. The van der Waals surface area contributed by atoms with Crippen molar-refractivity contribution in [2.75, 3.05) is 14.2 Å². The third kappa shape index (κ3) is 3.47. The molecule has 1 aromatic heterocycles. The van der Waals surface area contributed by atoms with Crippen LogP contribution in [0.4, 0.5) is 0 Å². The minimum atomic E-state index is 0.560. The van der Waals surface area contributed by atoms with E-state index in [-0.39, 0.29) is 0 Å². The summed E-state index contributed by atoms with van der Waals surface area (Å²) in [5.74, 6) is 2.08. The van der Waals surface area contributed by atoms with Crippen LogP contribution in [0.15, 0.2) is 6.20 Å². The third-order valence-corrected chi connectivity index (χ3v) is 2.03. The van der Waals surface area contributed by atoms with Gasteiger partial charge in [-0.15, -0.1) is 0 Å². The van der Waals surface area contributed by atoms with Crippen LogP contribution in [0.2, 0.25) is 0 Å². The van der Waals surface area contributed by atoms with Gasteiger partial charge in [-0.3, -0.25) is 0 Å². The number of nitrogens with zero attached hydrogens (tertiary/aromatic N) is 2. The summed E-state index contributed by atoms with van der Waals surface area (Å²) in [5.41, 5.74) is 0.993. The lowest BCUT2D eigenvalue weighted by Gasteiger charge is -2.09. The van der Waals surface area contributed by atoms with Gasteiger partial charge in [0.2, 0.25) is 5.88 Å². The first-order chi connectivity index (χ1) is 7.17. The van der Waals surface area contributed by atoms with Gasteiger partial charge in [-0.2, -0.15) is 4.98 Å². The van der Waals surface area contributed by atoms with Gasteiger partial charge in [-0.25, -0.2) is 4.98 Å². The Labute approximate surface area is 91.1 Å². The second kappa shape index (κ2) is 5.66. The van der Waals surface area contributed by atoms with Crippen molar-refractivity contribution in [2.24, 2.45) is 5.92 Å². The Morgan fingerprint density at radius 1 is 1.47 bits per heavy atom. The number of rotatable bonds is 5. The van der Waals surface area contributed by atoms with Crippen LogP contribution < -0.4 is 10.1 Å². The normalized spacial score (nSPS) is 10.7. The van der Waals surface area contributed by atoms with E-state index in [0.29, 0.717) is 11.8 Å². The summed E-state index contributed by atoms with van der Waals surface area (Å²) < 4.78 is 5.23. The maximum atomic E-state index is 5.23. The summed E-state index contributed by atoms with van der Waals surface area (Å²) in [5, 5.41) is 3.06. The summed E-state index contributed by atoms with van der Waals surface area (Å²) in [6.45, 7) is 5.03. The largest absolute Gasteiger partial charge is 0.481 e. The molecule has 84 valence electrons. The topological polar surface area (TPSA) is 47.0 Å². The van der Waals surface area contributed by atoms with Crippen LogP contribution in [0, 0.1) is 5.92 Å². The van der Waals surface area contributed by atoms with Crippen molar-refractivity contribution < 1.29 is 4.74 Å². The second-order valence-corrected chi connectivity index (χ2v) is 3.95. The van der Waals surface area contributed by atoms with E-state index in [1.807, 2.05) is 13.2 Å². The van der Waals surface area contributed by atoms with Gasteiger partial charge in [0, 0.05) is 24.7 Å². The Balaban J connectivity index is 2.86. The van der Waals surface area contributed by atoms with E-state index in [9.17, 15) is 0 Å². The Bertz CT molecular complexity index is 313. The highest BCUT2D eigenvalue weighted by Gasteiger charge is 2.07. The fourth-order valence-electron chi connectivity index (χ4n) is 1.38. The lowest BCUT2D eigenvalue weighted by Crippen LogP contribution is -2.10. The first kappa shape index (κ1) is 11.9. The molecule has 0 unspecified atom stereocenters. The number of methoxy groups -OCH3 is 1. The Morgan fingerprint density at radius 3 is 2.73 bits per heavy atom. The average molecular weight is 209 g/mol. The van der Waals surface area contributed by atoms with Gasteiger partial charge in [-0.1, -0.05) is 13.8 Å². The SMILES string of the molecule is CNCc1cnc(CC(C)C)nc1OC. The molecular weight excluding hydrogens is 190 g/mol. The van der Waals surface area contributed by atoms with Crippen LogP contribution in [0.3, 0.4) is 0 Å². The van der Waals surface area contributed by atoms with E-state index in [2.05, 4.69) is 29.1 Å². The molecule has 4 heteroatoms. The molecule has 1 heterocycles. The number of ether oxygens (including phenoxy) is 1. The first-order valence-electron chi connectivity index (χ1n) is 5.20. The van der Waals surface area contributed by atoms with Crippen LogP contribution in [0.1, 0.15) is 25.2 Å². The molecule has 0 aliphatic rings. The van der Waals surface area contributed by atoms with E-state index in [1.165, 1.54) is 0 Å². The zero-order valence-corrected chi connectivity index (χ0v) is 9.87. The number of nitrogens with one attached hydrogen (secondary N) is 1. The van der Waals surface area contributed by atoms with Crippen molar-refractivity contribution in [3.8, 4) is 5.88 Å². The van der Waals surface area contributed by atoms with Crippen LogP contribution in [0.5, 0.6) is 5.88 Å². The lowest BCUT2D eigenvalue weighted by molar-refractivity contribution is 0.386. The summed E-state index contributed by atoms with van der Waals surface area (Å²) >= 11 is 0. The third-order valence-electron chi connectivity index (χ3n) is 2.03. The fourth-order valence-corrected chi connectivity index (χ4v) is 1.38. The molecule has 0 spiro atoms. The van der Waals surface area contributed by atoms with Crippen molar-refractivity contribution in [1.29, 1.82) is 0 Å². The van der Waals surface area contributed by atoms with Crippen LogP contribution in [-0.2, 0) is 13.0 Å². The standard InChI is InChI=1S/C11H19N3O/c1-8(2)5-10-13-7-9(6-12-3)11(14-10)15-4/h7-8,12H,5-6H2,1-4H3. The van der Waals surface area contributed by atoms with Gasteiger partial charge < -0.3 is 10.1 Å². The predicted octanol–water partition coefficient (Wildman–Crippen LogP) is 1.40. The summed E-state index contributed by atoms with van der Waals surface area (Å²) in [7, 11) is 3.53. The molecule has 0 aliphatic carbocycles. The van der Waals surface area contributed by atoms with Crippen molar-refractivity contribution in [1.82, 2.24) is 15.3 Å². The highest BCUT2D eigenvalue weighted by atomic mass is 16.5. The van der Waals surface area contributed by atoms with Crippen molar-refractivity contribution in [3.63, 3.8) is 0 Å². The summed E-state index contributed by atoms with van der Waals surface area (Å²) in [6, 6.07) is 0. The van der Waals surface area contributed by atoms with Crippen LogP contribution in [-0.4, -0.2) is 24.1 Å². The second-order valence-electron chi connectivity index (χ2n) is 3.95. The van der Waals surface area contributed by atoms with Gasteiger partial charge in [0.25, 0.3) is 0 Å². The molecule has 0 aromatic carbocycles. The molecule has 0 atom stereocenters. The zero-order chi connectivity index (χ0) is 11.3. The van der Waals surface area contributed by atoms with Crippen molar-refractivity contribution >= 4 is 0 Å². The highest BCUT2D eigenvalue weighted by Crippen LogP contribution is 2.15. The van der Waals surface area contributed by atoms with E-state index >= 15 is 0 Å². The van der Waals surface area contributed by atoms with Gasteiger partial charge in [0.05, 0.1) is 7.11 Å². The quantitative estimate of drug-likeness (QED) is 0.796. The Kier molecular flexibility index (Phi) is 4.49. The molecule has 1 aromatic rings. The maximum Gasteiger partial charge on any atom is 0.220 e. The summed E-state index contributed by atoms with van der Waals surface area (Å²) in [4.78, 5) is 8.69. The molecule has 0 bridgehead atoms. The highest BCUT2D eigenvalue weighted by molar-refractivity contribution is 5.23. The van der Waals surface area contributed by atoms with Crippen molar-refractivity contribution in [3.05, 3.63) is 17.6 Å². The number of hydrogen-bond acceptors (Lipinski definition) is 4. The lowest BCUT2D eigenvalue weighted by atomic mass is 10.1. The average Bonchev–Trinajstić information content (AvgIpc) is 2.20. The molecule has 0 fully saturated rings. The minimum absolute atomic E-state index is 0.560. The molecule has 1 rings (SSSR count). The van der Waals surface area contributed by atoms with Crippen molar-refractivity contribution in [2.45, 2.75) is 26.8 Å². The van der Waals surface area contributed by atoms with Gasteiger partial charge in [-0.05, 0) is 13.0 Å². The predicted molar refractivity (Wildman–Crippen MR) is 59.9 cm³/mol. The van der Waals surface area contributed by atoms with E-state index in [0.717, 1.165) is 24.4 Å². The van der Waals surface area contributed by atoms with Crippen LogP contribution >= 0.6 is 0 Å². The molecular formula is C11H19N3O. The Morgan fingerprint density at radius 2 is 2.20 bits per heavy atom. The molecule has 4 nitrogen and oxygen atoms in total. The molecule has 15 heavy (non-hydrogen) atoms. The molecule has 1 N–H and O–H groups in total. The minimum Gasteiger partial charge on any atom is -0.481 e. The number of aromatic nitrogens is 2. The van der Waals surface area contributed by atoms with E-state index < -0.39 is 0 Å². The first-order valence-corrected chi connectivity index (χ1v) is 5.20. The monoisotopic (exact) mass is 209 g/mol. The zero-order valence-electron chi connectivity index (χ0n) is 9.87. The number of hydrogen-bond donors (Lipinski definition) is 1. The fraction of sp³-hybridized carbons (Fsp3) is 0.636. The van der Waals surface area contributed by atoms with Crippen LogP contribution in [0.25, 0.3) is 0 Å². The van der Waals surface area contributed by atoms with Gasteiger partial charge in [0.1, 0.15) is 5.82 Å². The molecule has 0 saturated heterocycles. The van der Waals surface area contributed by atoms with E-state index in [1.54, 1.807) is 7.11 Å². The molecule has 0 radical (unpaired) electrons. The Hall–Kier alpha value is -1.16. The van der Waals surface area contributed by atoms with Gasteiger partial charge >= 0.3 is 0 Å². The molecule has 0 amide bonds. The molecule has 0 aliphatic heterocycles.